The minimum absolute atomic E-state index is 0.00000234. The van der Waals surface area contributed by atoms with Crippen LogP contribution in [0.25, 0.3) is 0 Å². The molecule has 0 unspecified atom stereocenters. The van der Waals surface area contributed by atoms with Gasteiger partial charge in [-0.3, -0.25) is 9.59 Å². The standard InChI is InChI=1S/C20H29N3O4/c1-22-12-10-18-17(22)5-3-4-11-23(18)20(25)13-21-19(24)14-27-16-8-6-15(26-2)7-9-16/h6-9,17-18H,3-5,10-14H2,1-2H3,(H,21,24)/t17-,18-/m1/s1. The van der Waals surface area contributed by atoms with Crippen LogP contribution in [0.15, 0.2) is 24.3 Å². The highest BCUT2D eigenvalue weighted by Crippen LogP contribution is 2.28. The van der Waals surface area contributed by atoms with Crippen molar-refractivity contribution in [1.82, 2.24) is 15.1 Å². The Kier molecular flexibility index (Phi) is 6.55. The van der Waals surface area contributed by atoms with Crippen molar-refractivity contribution in [3.8, 4) is 11.5 Å². The van der Waals surface area contributed by atoms with Gasteiger partial charge < -0.3 is 24.6 Å². The summed E-state index contributed by atoms with van der Waals surface area (Å²) < 4.78 is 10.5. The predicted molar refractivity (Wildman–Crippen MR) is 102 cm³/mol. The van der Waals surface area contributed by atoms with E-state index in [4.69, 9.17) is 9.47 Å². The molecular formula is C20H29N3O4. The van der Waals surface area contributed by atoms with E-state index in [2.05, 4.69) is 17.3 Å². The van der Waals surface area contributed by atoms with Gasteiger partial charge in [0.2, 0.25) is 5.91 Å². The minimum atomic E-state index is -0.297. The van der Waals surface area contributed by atoms with Gasteiger partial charge in [-0.1, -0.05) is 6.42 Å². The Morgan fingerprint density at radius 3 is 2.56 bits per heavy atom. The van der Waals surface area contributed by atoms with Crippen LogP contribution in [0.5, 0.6) is 11.5 Å². The number of nitrogens with zero attached hydrogens (tertiary/aromatic N) is 2. The Balaban J connectivity index is 1.45. The fourth-order valence-corrected chi connectivity index (χ4v) is 4.02. The summed E-state index contributed by atoms with van der Waals surface area (Å²) in [7, 11) is 3.73. The number of likely N-dealkylation sites (tertiary alicyclic amines) is 2. The van der Waals surface area contributed by atoms with Crippen molar-refractivity contribution in [1.29, 1.82) is 0 Å². The quantitative estimate of drug-likeness (QED) is 0.811. The number of benzene rings is 1. The number of hydrogen-bond acceptors (Lipinski definition) is 5. The Bertz CT molecular complexity index is 649. The topological polar surface area (TPSA) is 71.1 Å². The molecule has 2 fully saturated rings. The molecule has 2 heterocycles. The SMILES string of the molecule is COc1ccc(OCC(=O)NCC(=O)N2CCCC[C@@H]3[C@H]2CCN3C)cc1. The fourth-order valence-electron chi connectivity index (χ4n) is 4.02. The lowest BCUT2D eigenvalue weighted by molar-refractivity contribution is -0.135. The summed E-state index contributed by atoms with van der Waals surface area (Å²) in [6.07, 6.45) is 4.34. The Morgan fingerprint density at radius 1 is 1.07 bits per heavy atom. The van der Waals surface area contributed by atoms with Crippen molar-refractivity contribution in [2.24, 2.45) is 0 Å². The molecule has 27 heavy (non-hydrogen) atoms. The maximum atomic E-state index is 12.7. The first-order valence-corrected chi connectivity index (χ1v) is 9.61. The average molecular weight is 375 g/mol. The van der Waals surface area contributed by atoms with Crippen molar-refractivity contribution in [2.75, 3.05) is 40.4 Å². The molecule has 2 aliphatic rings. The first kappa shape index (κ1) is 19.5. The maximum Gasteiger partial charge on any atom is 0.258 e. The lowest BCUT2D eigenvalue weighted by atomic mass is 10.0. The van der Waals surface area contributed by atoms with Crippen LogP contribution in [0.2, 0.25) is 0 Å². The van der Waals surface area contributed by atoms with Crippen LogP contribution < -0.4 is 14.8 Å². The second-order valence-electron chi connectivity index (χ2n) is 7.23. The van der Waals surface area contributed by atoms with Gasteiger partial charge in [-0.2, -0.15) is 0 Å². The van der Waals surface area contributed by atoms with E-state index in [9.17, 15) is 9.59 Å². The molecule has 2 amide bonds. The van der Waals surface area contributed by atoms with Crippen molar-refractivity contribution in [3.05, 3.63) is 24.3 Å². The molecule has 7 nitrogen and oxygen atoms in total. The lowest BCUT2D eigenvalue weighted by Crippen LogP contribution is -2.49. The van der Waals surface area contributed by atoms with Crippen LogP contribution in [0, 0.1) is 0 Å². The predicted octanol–water partition coefficient (Wildman–Crippen LogP) is 1.28. The monoisotopic (exact) mass is 375 g/mol. The zero-order chi connectivity index (χ0) is 19.2. The van der Waals surface area contributed by atoms with Crippen molar-refractivity contribution >= 4 is 11.8 Å². The van der Waals surface area contributed by atoms with Crippen molar-refractivity contribution in [3.63, 3.8) is 0 Å². The normalized spacial score (nSPS) is 22.7. The number of methoxy groups -OCH3 is 1. The second kappa shape index (κ2) is 9.08. The van der Waals surface area contributed by atoms with Gasteiger partial charge in [0.05, 0.1) is 13.7 Å². The highest BCUT2D eigenvalue weighted by atomic mass is 16.5. The van der Waals surface area contributed by atoms with Crippen molar-refractivity contribution < 1.29 is 19.1 Å². The Labute approximate surface area is 160 Å². The third-order valence-corrected chi connectivity index (χ3v) is 5.52. The number of ether oxygens (including phenoxy) is 2. The highest BCUT2D eigenvalue weighted by Gasteiger charge is 2.38. The first-order chi connectivity index (χ1) is 13.1. The zero-order valence-corrected chi connectivity index (χ0v) is 16.1. The molecule has 148 valence electrons. The van der Waals surface area contributed by atoms with Crippen molar-refractivity contribution in [2.45, 2.75) is 37.8 Å². The van der Waals surface area contributed by atoms with Gasteiger partial charge in [0.25, 0.3) is 5.91 Å². The lowest BCUT2D eigenvalue weighted by Gasteiger charge is -2.32. The van der Waals surface area contributed by atoms with Crippen LogP contribution in [0.3, 0.4) is 0 Å². The third-order valence-electron chi connectivity index (χ3n) is 5.52. The van der Waals surface area contributed by atoms with E-state index in [-0.39, 0.29) is 31.0 Å². The molecule has 0 spiro atoms. The molecule has 2 atom stereocenters. The molecule has 1 N–H and O–H groups in total. The highest BCUT2D eigenvalue weighted by molar-refractivity contribution is 5.85. The molecule has 0 bridgehead atoms. The van der Waals surface area contributed by atoms with Gasteiger partial charge in [-0.25, -0.2) is 0 Å². The van der Waals surface area contributed by atoms with Gasteiger partial charge in [-0.15, -0.1) is 0 Å². The van der Waals surface area contributed by atoms with E-state index in [1.54, 1.807) is 31.4 Å². The number of carbonyl (C=O) groups is 2. The van der Waals surface area contributed by atoms with E-state index in [0.717, 1.165) is 44.5 Å². The van der Waals surface area contributed by atoms with E-state index < -0.39 is 0 Å². The molecule has 0 aromatic heterocycles. The largest absolute Gasteiger partial charge is 0.497 e. The molecule has 2 saturated heterocycles. The summed E-state index contributed by atoms with van der Waals surface area (Å²) in [5.41, 5.74) is 0. The van der Waals surface area contributed by atoms with E-state index in [0.29, 0.717) is 11.8 Å². The molecule has 2 aliphatic heterocycles. The minimum Gasteiger partial charge on any atom is -0.497 e. The molecule has 1 aromatic carbocycles. The van der Waals surface area contributed by atoms with Gasteiger partial charge in [0.15, 0.2) is 6.61 Å². The summed E-state index contributed by atoms with van der Waals surface area (Å²) in [6, 6.07) is 7.75. The fraction of sp³-hybridized carbons (Fsp3) is 0.600. The van der Waals surface area contributed by atoms with E-state index in [1.807, 2.05) is 4.90 Å². The molecule has 0 aliphatic carbocycles. The molecule has 1 aromatic rings. The third kappa shape index (κ3) is 4.91. The van der Waals surface area contributed by atoms with E-state index >= 15 is 0 Å². The second-order valence-corrected chi connectivity index (χ2v) is 7.23. The van der Waals surface area contributed by atoms with Gasteiger partial charge in [0.1, 0.15) is 11.5 Å². The number of hydrogen-bond donors (Lipinski definition) is 1. The summed E-state index contributed by atoms with van der Waals surface area (Å²) in [6.45, 7) is 1.72. The van der Waals surface area contributed by atoms with Crippen LogP contribution in [0.4, 0.5) is 0 Å². The van der Waals surface area contributed by atoms with Crippen LogP contribution in [0.1, 0.15) is 25.7 Å². The van der Waals surface area contributed by atoms with Gasteiger partial charge in [0, 0.05) is 25.2 Å². The summed E-state index contributed by atoms with van der Waals surface area (Å²) >= 11 is 0. The molecule has 0 radical (unpaired) electrons. The van der Waals surface area contributed by atoms with Gasteiger partial charge in [-0.05, 0) is 50.6 Å². The van der Waals surface area contributed by atoms with Crippen LogP contribution >= 0.6 is 0 Å². The molecule has 3 rings (SSSR count). The van der Waals surface area contributed by atoms with E-state index in [1.165, 1.54) is 0 Å². The molecule has 0 saturated carbocycles. The number of nitrogens with one attached hydrogen (secondary N) is 1. The molecule has 7 heteroatoms. The summed E-state index contributed by atoms with van der Waals surface area (Å²) in [5.74, 6) is 1.02. The smallest absolute Gasteiger partial charge is 0.258 e. The molecular weight excluding hydrogens is 346 g/mol. The van der Waals surface area contributed by atoms with Gasteiger partial charge >= 0.3 is 0 Å². The Morgan fingerprint density at radius 2 is 1.81 bits per heavy atom. The van der Waals surface area contributed by atoms with Crippen LogP contribution in [-0.4, -0.2) is 74.1 Å². The number of amides is 2. The zero-order valence-electron chi connectivity index (χ0n) is 16.1. The first-order valence-electron chi connectivity index (χ1n) is 9.61. The number of likely N-dealkylation sites (N-methyl/N-ethyl adjacent to an activating group) is 1. The maximum absolute atomic E-state index is 12.7. The summed E-state index contributed by atoms with van der Waals surface area (Å²) in [4.78, 5) is 29.1. The number of carbonyl (C=O) groups excluding carboxylic acids is 2. The average Bonchev–Trinajstić information content (AvgIpc) is 2.92. The van der Waals surface area contributed by atoms with Crippen LogP contribution in [-0.2, 0) is 9.59 Å². The Hall–Kier alpha value is -2.28. The number of rotatable bonds is 6. The summed E-state index contributed by atoms with van der Waals surface area (Å²) in [5, 5.41) is 2.69. The number of fused-ring (bicyclic) bond motifs is 1.